The second kappa shape index (κ2) is 5.59. The Morgan fingerprint density at radius 1 is 1.13 bits per heavy atom. The minimum absolute atomic E-state index is 0.141. The van der Waals surface area contributed by atoms with Gasteiger partial charge in [-0.3, -0.25) is 4.79 Å². The number of carbonyl (C=O) groups excluding carboxylic acids is 1. The molecule has 1 aromatic carbocycles. The summed E-state index contributed by atoms with van der Waals surface area (Å²) in [5, 5.41) is 0. The van der Waals surface area contributed by atoms with E-state index >= 15 is 0 Å². The summed E-state index contributed by atoms with van der Waals surface area (Å²) < 4.78 is 25.6. The molecule has 0 N–H and O–H groups in total. The molecule has 0 aliphatic rings. The Bertz CT molecular complexity index is 327. The Hall–Kier alpha value is -1.25. The second-order valence-electron chi connectivity index (χ2n) is 3.57. The molecule has 1 aromatic rings. The van der Waals surface area contributed by atoms with Crippen molar-refractivity contribution in [3.8, 4) is 0 Å². The van der Waals surface area contributed by atoms with Gasteiger partial charge >= 0.3 is 0 Å². The van der Waals surface area contributed by atoms with Gasteiger partial charge in [0.25, 0.3) is 0 Å². The normalized spacial score (nSPS) is 10.3. The first kappa shape index (κ1) is 11.8. The van der Waals surface area contributed by atoms with Crippen molar-refractivity contribution in [2.45, 2.75) is 32.6 Å². The van der Waals surface area contributed by atoms with E-state index in [0.29, 0.717) is 24.8 Å². The van der Waals surface area contributed by atoms with E-state index < -0.39 is 11.6 Å². The molecule has 0 aliphatic heterocycles. The highest BCUT2D eigenvalue weighted by Crippen LogP contribution is 2.10. The number of rotatable bonds is 5. The van der Waals surface area contributed by atoms with Crippen LogP contribution in [0.2, 0.25) is 0 Å². The highest BCUT2D eigenvalue weighted by molar-refractivity contribution is 5.78. The number of aryl methyl sites for hydroxylation is 1. The zero-order chi connectivity index (χ0) is 11.3. The largest absolute Gasteiger partial charge is 0.300 e. The molecule has 15 heavy (non-hydrogen) atoms. The predicted molar refractivity (Wildman–Crippen MR) is 54.6 cm³/mol. The van der Waals surface area contributed by atoms with Crippen molar-refractivity contribution < 1.29 is 13.6 Å². The van der Waals surface area contributed by atoms with E-state index in [9.17, 15) is 13.6 Å². The van der Waals surface area contributed by atoms with E-state index in [-0.39, 0.29) is 5.78 Å². The topological polar surface area (TPSA) is 17.1 Å². The molecule has 0 aromatic heterocycles. The van der Waals surface area contributed by atoms with Crippen LogP contribution in [0.1, 0.15) is 31.7 Å². The van der Waals surface area contributed by atoms with Crippen LogP contribution in [0.15, 0.2) is 18.2 Å². The van der Waals surface area contributed by atoms with Gasteiger partial charge in [0.05, 0.1) is 0 Å². The lowest BCUT2D eigenvalue weighted by Gasteiger charge is -2.01. The fourth-order valence-corrected chi connectivity index (χ4v) is 1.44. The zero-order valence-corrected chi connectivity index (χ0v) is 8.72. The lowest BCUT2D eigenvalue weighted by Crippen LogP contribution is -2.00. The van der Waals surface area contributed by atoms with Crippen LogP contribution in [0.3, 0.4) is 0 Å². The first-order valence-corrected chi connectivity index (χ1v) is 5.08. The molecule has 1 nitrogen and oxygen atoms in total. The summed E-state index contributed by atoms with van der Waals surface area (Å²) in [6.45, 7) is 1.93. The fraction of sp³-hybridized carbons (Fsp3) is 0.417. The van der Waals surface area contributed by atoms with Crippen LogP contribution in [0, 0.1) is 11.6 Å². The molecule has 0 saturated heterocycles. The quantitative estimate of drug-likeness (QED) is 0.732. The summed E-state index contributed by atoms with van der Waals surface area (Å²) in [6, 6.07) is 3.36. The van der Waals surface area contributed by atoms with E-state index in [1.54, 1.807) is 0 Å². The lowest BCUT2D eigenvalue weighted by atomic mass is 10.1. The lowest BCUT2D eigenvalue weighted by molar-refractivity contribution is -0.119. The highest BCUT2D eigenvalue weighted by atomic mass is 19.1. The Morgan fingerprint density at radius 2 is 1.73 bits per heavy atom. The molecule has 3 heteroatoms. The molecule has 0 fully saturated rings. The molecule has 0 bridgehead atoms. The van der Waals surface area contributed by atoms with Gasteiger partial charge in [-0.1, -0.05) is 6.92 Å². The Balaban J connectivity index is 2.54. The van der Waals surface area contributed by atoms with Crippen molar-refractivity contribution in [3.05, 3.63) is 35.4 Å². The van der Waals surface area contributed by atoms with Crippen LogP contribution in [0.25, 0.3) is 0 Å². The molecule has 82 valence electrons. The van der Waals surface area contributed by atoms with E-state index in [1.165, 1.54) is 12.1 Å². The molecule has 1 rings (SSSR count). The summed E-state index contributed by atoms with van der Waals surface area (Å²) in [7, 11) is 0. The van der Waals surface area contributed by atoms with Gasteiger partial charge in [0.2, 0.25) is 0 Å². The van der Waals surface area contributed by atoms with Crippen LogP contribution in [-0.2, 0) is 11.2 Å². The summed E-state index contributed by atoms with van der Waals surface area (Å²) in [5.74, 6) is -1.04. The van der Waals surface area contributed by atoms with Crippen molar-refractivity contribution in [1.82, 2.24) is 0 Å². The third-order valence-corrected chi connectivity index (χ3v) is 2.14. The Labute approximate surface area is 88.1 Å². The third kappa shape index (κ3) is 4.19. The maximum atomic E-state index is 12.8. The van der Waals surface area contributed by atoms with Crippen molar-refractivity contribution in [3.63, 3.8) is 0 Å². The van der Waals surface area contributed by atoms with Gasteiger partial charge in [0, 0.05) is 18.9 Å². The Kier molecular flexibility index (Phi) is 4.40. The van der Waals surface area contributed by atoms with Gasteiger partial charge in [-0.2, -0.15) is 0 Å². The first-order chi connectivity index (χ1) is 7.11. The molecule has 0 heterocycles. The highest BCUT2D eigenvalue weighted by Gasteiger charge is 2.04. The van der Waals surface area contributed by atoms with E-state index in [1.807, 2.05) is 6.92 Å². The van der Waals surface area contributed by atoms with Gasteiger partial charge in [-0.15, -0.1) is 0 Å². The molecule has 0 spiro atoms. The molecule has 0 saturated carbocycles. The van der Waals surface area contributed by atoms with Gasteiger partial charge in [-0.05, 0) is 30.5 Å². The summed E-state index contributed by atoms with van der Waals surface area (Å²) >= 11 is 0. The summed E-state index contributed by atoms with van der Waals surface area (Å²) in [5.41, 5.74) is 0.539. The number of hydrogen-bond acceptors (Lipinski definition) is 1. The standard InChI is InChI=1S/C12H14F2O/c1-2-3-12(15)5-4-9-6-10(13)8-11(14)7-9/h6-8H,2-5H2,1H3. The van der Waals surface area contributed by atoms with Crippen LogP contribution in [0.4, 0.5) is 8.78 Å². The van der Waals surface area contributed by atoms with Crippen LogP contribution in [0.5, 0.6) is 0 Å². The fourth-order valence-electron chi connectivity index (χ4n) is 1.44. The second-order valence-corrected chi connectivity index (χ2v) is 3.57. The Morgan fingerprint density at radius 3 is 2.27 bits per heavy atom. The number of carbonyl (C=O) groups is 1. The van der Waals surface area contributed by atoms with Gasteiger partial charge in [-0.25, -0.2) is 8.78 Å². The van der Waals surface area contributed by atoms with Crippen molar-refractivity contribution in [2.75, 3.05) is 0 Å². The van der Waals surface area contributed by atoms with Crippen LogP contribution >= 0.6 is 0 Å². The minimum atomic E-state index is -0.590. The molecule has 0 atom stereocenters. The predicted octanol–water partition coefficient (Wildman–Crippen LogP) is 3.27. The number of ketones is 1. The average Bonchev–Trinajstić information content (AvgIpc) is 2.14. The molecular weight excluding hydrogens is 198 g/mol. The SMILES string of the molecule is CCCC(=O)CCc1cc(F)cc(F)c1. The van der Waals surface area contributed by atoms with E-state index in [0.717, 1.165) is 12.5 Å². The maximum Gasteiger partial charge on any atom is 0.133 e. The van der Waals surface area contributed by atoms with Crippen molar-refractivity contribution in [2.24, 2.45) is 0 Å². The smallest absolute Gasteiger partial charge is 0.133 e. The zero-order valence-electron chi connectivity index (χ0n) is 8.72. The van der Waals surface area contributed by atoms with Crippen molar-refractivity contribution >= 4 is 5.78 Å². The third-order valence-electron chi connectivity index (χ3n) is 2.14. The monoisotopic (exact) mass is 212 g/mol. The van der Waals surface area contributed by atoms with Crippen LogP contribution in [-0.4, -0.2) is 5.78 Å². The summed E-state index contributed by atoms with van der Waals surface area (Å²) in [4.78, 5) is 11.2. The molecule has 0 amide bonds. The molecule has 0 radical (unpaired) electrons. The van der Waals surface area contributed by atoms with Crippen molar-refractivity contribution in [1.29, 1.82) is 0 Å². The minimum Gasteiger partial charge on any atom is -0.300 e. The summed E-state index contributed by atoms with van der Waals surface area (Å²) in [6.07, 6.45) is 2.12. The number of Topliss-reactive ketones (excluding diaryl/α,β-unsaturated/α-hetero) is 1. The first-order valence-electron chi connectivity index (χ1n) is 5.08. The van der Waals surface area contributed by atoms with Gasteiger partial charge in [0.15, 0.2) is 0 Å². The van der Waals surface area contributed by atoms with Gasteiger partial charge < -0.3 is 0 Å². The molecule has 0 aliphatic carbocycles. The molecular formula is C12H14F2O. The van der Waals surface area contributed by atoms with Gasteiger partial charge in [0.1, 0.15) is 17.4 Å². The number of hydrogen-bond donors (Lipinski definition) is 0. The maximum absolute atomic E-state index is 12.8. The average molecular weight is 212 g/mol. The van der Waals surface area contributed by atoms with E-state index in [4.69, 9.17) is 0 Å². The molecule has 0 unspecified atom stereocenters. The number of benzene rings is 1. The van der Waals surface area contributed by atoms with Crippen LogP contribution < -0.4 is 0 Å². The van der Waals surface area contributed by atoms with E-state index in [2.05, 4.69) is 0 Å². The number of halogens is 2.